The number of carbonyl (C=O) groups is 2. The van der Waals surface area contributed by atoms with E-state index in [0.717, 1.165) is 17.7 Å². The molecule has 0 aliphatic rings. The van der Waals surface area contributed by atoms with Crippen LogP contribution in [-0.4, -0.2) is 32.9 Å². The van der Waals surface area contributed by atoms with Crippen LogP contribution in [0.15, 0.2) is 42.0 Å². The number of nitrogens with two attached hydrogens (primary N) is 1. The first-order valence-electron chi connectivity index (χ1n) is 8.61. The summed E-state index contributed by atoms with van der Waals surface area (Å²) in [5.74, 6) is -1.37. The summed E-state index contributed by atoms with van der Waals surface area (Å²) in [5.41, 5.74) is 8.43. The van der Waals surface area contributed by atoms with Crippen molar-refractivity contribution in [2.24, 2.45) is 0 Å². The quantitative estimate of drug-likeness (QED) is 0.614. The second-order valence-corrected chi connectivity index (χ2v) is 6.77. The molecule has 0 bridgehead atoms. The molecule has 2 heterocycles. The average molecular weight is 397 g/mol. The number of hydrogen-bond acceptors (Lipinski definition) is 8. The maximum absolute atomic E-state index is 12.3. The first kappa shape index (κ1) is 19.4. The van der Waals surface area contributed by atoms with E-state index in [0.29, 0.717) is 5.13 Å². The van der Waals surface area contributed by atoms with Gasteiger partial charge in [0.15, 0.2) is 22.7 Å². The van der Waals surface area contributed by atoms with E-state index >= 15 is 0 Å². The molecule has 28 heavy (non-hydrogen) atoms. The van der Waals surface area contributed by atoms with Gasteiger partial charge in [-0.1, -0.05) is 31.2 Å². The molecule has 3 aromatic rings. The monoisotopic (exact) mass is 397 g/mol. The molecule has 3 N–H and O–H groups in total. The van der Waals surface area contributed by atoms with Gasteiger partial charge in [-0.2, -0.15) is 0 Å². The lowest BCUT2D eigenvalue weighted by atomic mass is 10.1. The van der Waals surface area contributed by atoms with Gasteiger partial charge in [0.1, 0.15) is 0 Å². The zero-order valence-corrected chi connectivity index (χ0v) is 16.2. The van der Waals surface area contributed by atoms with E-state index < -0.39 is 18.0 Å². The van der Waals surface area contributed by atoms with E-state index in [1.165, 1.54) is 36.2 Å². The number of aryl methyl sites for hydroxylation is 1. The fourth-order valence-corrected chi connectivity index (χ4v) is 3.08. The molecular formula is C19H19N5O3S. The van der Waals surface area contributed by atoms with Crippen LogP contribution in [0.2, 0.25) is 0 Å². The van der Waals surface area contributed by atoms with Crippen molar-refractivity contribution >= 4 is 34.2 Å². The third-order valence-corrected chi connectivity index (χ3v) is 4.72. The van der Waals surface area contributed by atoms with Crippen molar-refractivity contribution in [1.82, 2.24) is 15.0 Å². The van der Waals surface area contributed by atoms with Crippen LogP contribution < -0.4 is 11.1 Å². The number of nitrogens with zero attached hydrogens (tertiary/aromatic N) is 3. The molecule has 9 heteroatoms. The molecule has 8 nitrogen and oxygen atoms in total. The van der Waals surface area contributed by atoms with Gasteiger partial charge in [0.05, 0.1) is 5.69 Å². The highest BCUT2D eigenvalue weighted by atomic mass is 32.1. The van der Waals surface area contributed by atoms with Crippen molar-refractivity contribution in [3.63, 3.8) is 0 Å². The Balaban J connectivity index is 1.62. The molecule has 0 aliphatic heterocycles. The number of carbonyl (C=O) groups excluding carboxylic acids is 2. The molecule has 0 fully saturated rings. The van der Waals surface area contributed by atoms with E-state index in [2.05, 4.69) is 27.2 Å². The second-order valence-electron chi connectivity index (χ2n) is 5.92. The van der Waals surface area contributed by atoms with E-state index in [1.54, 1.807) is 0 Å². The third-order valence-electron chi connectivity index (χ3n) is 3.97. The molecule has 0 saturated heterocycles. The van der Waals surface area contributed by atoms with Crippen molar-refractivity contribution in [3.8, 4) is 11.3 Å². The summed E-state index contributed by atoms with van der Waals surface area (Å²) in [7, 11) is 0. The fraction of sp³-hybridized carbons (Fsp3) is 0.211. The minimum absolute atomic E-state index is 0.0567. The van der Waals surface area contributed by atoms with Gasteiger partial charge in [-0.3, -0.25) is 10.1 Å². The Morgan fingerprint density at radius 3 is 2.61 bits per heavy atom. The SMILES string of the molecule is CCc1ccc(-c2csc(NC(=O)[C@@H](C)OC(=O)c3nccnc3N)n2)cc1. The van der Waals surface area contributed by atoms with E-state index in [-0.39, 0.29) is 11.5 Å². The van der Waals surface area contributed by atoms with E-state index in [4.69, 9.17) is 10.5 Å². The zero-order valence-electron chi connectivity index (χ0n) is 15.4. The predicted octanol–water partition coefficient (Wildman–Crippen LogP) is 2.93. The van der Waals surface area contributed by atoms with Crippen molar-refractivity contribution < 1.29 is 14.3 Å². The lowest BCUT2D eigenvalue weighted by Gasteiger charge is -2.12. The normalized spacial score (nSPS) is 11.6. The van der Waals surface area contributed by atoms with Crippen molar-refractivity contribution in [3.05, 3.63) is 53.3 Å². The van der Waals surface area contributed by atoms with E-state index in [9.17, 15) is 9.59 Å². The van der Waals surface area contributed by atoms with Crippen molar-refractivity contribution in [1.29, 1.82) is 0 Å². The lowest BCUT2D eigenvalue weighted by molar-refractivity contribution is -0.123. The summed E-state index contributed by atoms with van der Waals surface area (Å²) in [5, 5.41) is 4.92. The van der Waals surface area contributed by atoms with Crippen LogP contribution in [0.1, 0.15) is 29.9 Å². The zero-order chi connectivity index (χ0) is 20.1. The number of ether oxygens (including phenoxy) is 1. The summed E-state index contributed by atoms with van der Waals surface area (Å²) in [4.78, 5) is 36.4. The largest absolute Gasteiger partial charge is 0.448 e. The number of amides is 1. The van der Waals surface area contributed by atoms with Crippen LogP contribution in [0.4, 0.5) is 10.9 Å². The molecule has 0 unspecified atom stereocenters. The first-order valence-corrected chi connectivity index (χ1v) is 9.49. The minimum atomic E-state index is -1.05. The fourth-order valence-electron chi connectivity index (χ4n) is 2.36. The number of thiazole rings is 1. The Kier molecular flexibility index (Phi) is 5.95. The molecule has 0 radical (unpaired) electrons. The van der Waals surface area contributed by atoms with Gasteiger partial charge in [0.2, 0.25) is 0 Å². The summed E-state index contributed by atoms with van der Waals surface area (Å²) in [6.45, 7) is 3.55. The molecule has 1 atom stereocenters. The van der Waals surface area contributed by atoms with Crippen LogP contribution in [0.3, 0.4) is 0 Å². The van der Waals surface area contributed by atoms with E-state index in [1.807, 2.05) is 29.6 Å². The van der Waals surface area contributed by atoms with Crippen molar-refractivity contribution in [2.45, 2.75) is 26.4 Å². The topological polar surface area (TPSA) is 120 Å². The number of anilines is 2. The molecule has 0 spiro atoms. The number of hydrogen-bond donors (Lipinski definition) is 2. The van der Waals surface area contributed by atoms with Gasteiger partial charge in [-0.25, -0.2) is 19.7 Å². The van der Waals surface area contributed by atoms with Crippen LogP contribution >= 0.6 is 11.3 Å². The Morgan fingerprint density at radius 1 is 1.21 bits per heavy atom. The van der Waals surface area contributed by atoms with Gasteiger partial charge >= 0.3 is 5.97 Å². The predicted molar refractivity (Wildman–Crippen MR) is 107 cm³/mol. The lowest BCUT2D eigenvalue weighted by Crippen LogP contribution is -2.30. The molecule has 1 aromatic carbocycles. The molecule has 1 amide bonds. The Morgan fingerprint density at radius 2 is 1.93 bits per heavy atom. The number of aromatic nitrogens is 3. The van der Waals surface area contributed by atoms with Gasteiger partial charge in [0.25, 0.3) is 5.91 Å². The van der Waals surface area contributed by atoms with Gasteiger partial charge in [-0.05, 0) is 18.9 Å². The highest BCUT2D eigenvalue weighted by Gasteiger charge is 2.22. The molecule has 3 rings (SSSR count). The molecule has 2 aromatic heterocycles. The molecular weight excluding hydrogens is 378 g/mol. The Bertz CT molecular complexity index is 987. The summed E-state index contributed by atoms with van der Waals surface area (Å²) in [6.07, 6.45) is 2.60. The molecule has 0 saturated carbocycles. The second kappa shape index (κ2) is 8.57. The Hall–Kier alpha value is -3.33. The maximum atomic E-state index is 12.3. The highest BCUT2D eigenvalue weighted by molar-refractivity contribution is 7.14. The van der Waals surface area contributed by atoms with Gasteiger partial charge < -0.3 is 10.5 Å². The number of nitrogen functional groups attached to an aromatic ring is 1. The number of esters is 1. The first-order chi connectivity index (χ1) is 13.5. The minimum Gasteiger partial charge on any atom is -0.448 e. The van der Waals surface area contributed by atoms with Gasteiger partial charge in [-0.15, -0.1) is 11.3 Å². The van der Waals surface area contributed by atoms with Gasteiger partial charge in [0, 0.05) is 23.3 Å². The van der Waals surface area contributed by atoms with Crippen molar-refractivity contribution in [2.75, 3.05) is 11.1 Å². The summed E-state index contributed by atoms with van der Waals surface area (Å²) >= 11 is 1.29. The molecule has 144 valence electrons. The number of benzene rings is 1. The standard InChI is InChI=1S/C19H19N5O3S/c1-3-12-4-6-13(7-5-12)14-10-28-19(23-14)24-17(25)11(2)27-18(26)15-16(20)22-9-8-21-15/h4-11H,3H2,1-2H3,(H2,20,22)(H,23,24,25)/t11-/m1/s1. The third kappa shape index (κ3) is 4.49. The summed E-state index contributed by atoms with van der Waals surface area (Å²) in [6, 6.07) is 8.09. The number of rotatable bonds is 6. The highest BCUT2D eigenvalue weighted by Crippen LogP contribution is 2.25. The Labute approximate surface area is 165 Å². The molecule has 0 aliphatic carbocycles. The number of nitrogens with one attached hydrogen (secondary N) is 1. The van der Waals surface area contributed by atoms with Crippen LogP contribution in [0.5, 0.6) is 0 Å². The van der Waals surface area contributed by atoms with Crippen LogP contribution in [0, 0.1) is 0 Å². The smallest absolute Gasteiger partial charge is 0.361 e. The van der Waals surface area contributed by atoms with Crippen LogP contribution in [-0.2, 0) is 16.0 Å². The average Bonchev–Trinajstić information content (AvgIpc) is 3.16. The maximum Gasteiger partial charge on any atom is 0.361 e. The summed E-state index contributed by atoms with van der Waals surface area (Å²) < 4.78 is 5.11. The van der Waals surface area contributed by atoms with Crippen LogP contribution in [0.25, 0.3) is 11.3 Å².